The summed E-state index contributed by atoms with van der Waals surface area (Å²) in [5.74, 6) is 2.50. The molecule has 0 aliphatic heterocycles. The first kappa shape index (κ1) is 19.6. The van der Waals surface area contributed by atoms with Crippen molar-refractivity contribution in [1.29, 1.82) is 0 Å². The fraction of sp³-hybridized carbons (Fsp3) is 0.227. The van der Waals surface area contributed by atoms with Crippen LogP contribution in [-0.2, 0) is 12.4 Å². The highest BCUT2D eigenvalue weighted by molar-refractivity contribution is 7.98. The molecular weight excluding hydrogens is 436 g/mol. The molecule has 30 heavy (non-hydrogen) atoms. The zero-order chi connectivity index (χ0) is 20.3. The second-order valence-corrected chi connectivity index (χ2v) is 9.40. The molecular formula is C22H19ClN4OS2. The first-order chi connectivity index (χ1) is 14.8. The summed E-state index contributed by atoms with van der Waals surface area (Å²) in [7, 11) is 0. The van der Waals surface area contributed by atoms with E-state index in [0.717, 1.165) is 32.7 Å². The Morgan fingerprint density at radius 3 is 2.87 bits per heavy atom. The van der Waals surface area contributed by atoms with Gasteiger partial charge in [0, 0.05) is 40.3 Å². The maximum absolute atomic E-state index is 6.27. The average Bonchev–Trinajstić information content (AvgIpc) is 3.29. The molecule has 3 heterocycles. The molecule has 1 fully saturated rings. The third-order valence-electron chi connectivity index (χ3n) is 4.81. The SMILES string of the molecule is Clc1ccc(OCc2cccnc2)c(CSc2nnc(-c3cccs3)n2C2CC2)c1. The van der Waals surface area contributed by atoms with Crippen molar-refractivity contribution in [3.63, 3.8) is 0 Å². The summed E-state index contributed by atoms with van der Waals surface area (Å²) in [5.41, 5.74) is 2.07. The number of nitrogens with zero attached hydrogens (tertiary/aromatic N) is 4. The minimum Gasteiger partial charge on any atom is -0.489 e. The maximum atomic E-state index is 6.27. The lowest BCUT2D eigenvalue weighted by molar-refractivity contribution is 0.303. The Bertz CT molecular complexity index is 1130. The molecule has 0 atom stereocenters. The zero-order valence-electron chi connectivity index (χ0n) is 16.1. The molecule has 1 saturated carbocycles. The number of pyridine rings is 1. The molecule has 0 amide bonds. The molecule has 0 spiro atoms. The van der Waals surface area contributed by atoms with Crippen molar-refractivity contribution in [2.45, 2.75) is 36.4 Å². The Morgan fingerprint density at radius 1 is 1.17 bits per heavy atom. The van der Waals surface area contributed by atoms with Gasteiger partial charge < -0.3 is 4.74 Å². The van der Waals surface area contributed by atoms with Gasteiger partial charge in [-0.05, 0) is 48.6 Å². The molecule has 0 saturated heterocycles. The predicted octanol–water partition coefficient (Wildman–Crippen LogP) is 6.26. The van der Waals surface area contributed by atoms with Crippen LogP contribution in [0, 0.1) is 0 Å². The van der Waals surface area contributed by atoms with Gasteiger partial charge >= 0.3 is 0 Å². The fourth-order valence-electron chi connectivity index (χ4n) is 3.20. The van der Waals surface area contributed by atoms with Gasteiger partial charge in [-0.25, -0.2) is 0 Å². The number of benzene rings is 1. The van der Waals surface area contributed by atoms with E-state index < -0.39 is 0 Å². The van der Waals surface area contributed by atoms with Gasteiger partial charge in [0.05, 0.1) is 4.88 Å². The van der Waals surface area contributed by atoms with E-state index in [2.05, 4.69) is 37.3 Å². The summed E-state index contributed by atoms with van der Waals surface area (Å²) < 4.78 is 8.36. The van der Waals surface area contributed by atoms with Crippen LogP contribution < -0.4 is 4.74 Å². The number of thiophene rings is 1. The summed E-state index contributed by atoms with van der Waals surface area (Å²) >= 11 is 9.64. The third kappa shape index (κ3) is 4.38. The lowest BCUT2D eigenvalue weighted by Gasteiger charge is -2.12. The summed E-state index contributed by atoms with van der Waals surface area (Å²) in [5, 5.41) is 12.7. The minimum atomic E-state index is 0.466. The van der Waals surface area contributed by atoms with Crippen molar-refractivity contribution >= 4 is 34.7 Å². The molecule has 1 aliphatic carbocycles. The van der Waals surface area contributed by atoms with Crippen LogP contribution in [0.4, 0.5) is 0 Å². The highest BCUT2D eigenvalue weighted by Crippen LogP contribution is 2.42. The van der Waals surface area contributed by atoms with Crippen LogP contribution in [0.25, 0.3) is 10.7 Å². The van der Waals surface area contributed by atoms with Crippen molar-refractivity contribution in [2.75, 3.05) is 0 Å². The third-order valence-corrected chi connectivity index (χ3v) is 6.91. The Morgan fingerprint density at radius 2 is 2.10 bits per heavy atom. The number of rotatable bonds is 8. The second kappa shape index (κ2) is 8.79. The molecule has 5 rings (SSSR count). The van der Waals surface area contributed by atoms with Crippen LogP contribution in [0.2, 0.25) is 5.02 Å². The lowest BCUT2D eigenvalue weighted by atomic mass is 10.2. The zero-order valence-corrected chi connectivity index (χ0v) is 18.5. The van der Waals surface area contributed by atoms with Crippen molar-refractivity contribution in [3.8, 4) is 16.5 Å². The fourth-order valence-corrected chi connectivity index (χ4v) is 5.08. The molecule has 0 bridgehead atoms. The molecule has 5 nitrogen and oxygen atoms in total. The number of ether oxygens (including phenoxy) is 1. The quantitative estimate of drug-likeness (QED) is 0.294. The Labute approximate surface area is 188 Å². The summed E-state index contributed by atoms with van der Waals surface area (Å²) in [4.78, 5) is 5.30. The van der Waals surface area contributed by atoms with Gasteiger partial charge in [0.25, 0.3) is 0 Å². The first-order valence-corrected chi connectivity index (χ1v) is 11.9. The standard InChI is InChI=1S/C22H19ClN4OS2/c23-17-5-8-19(28-13-15-3-1-9-24-12-15)16(11-17)14-30-22-26-25-21(20-4-2-10-29-20)27(22)18-6-7-18/h1-5,8-12,18H,6-7,13-14H2. The van der Waals surface area contributed by atoms with Gasteiger partial charge in [-0.3, -0.25) is 9.55 Å². The Kier molecular flexibility index (Phi) is 5.75. The van der Waals surface area contributed by atoms with E-state index in [1.54, 1.807) is 29.3 Å². The van der Waals surface area contributed by atoms with Crippen molar-refractivity contribution < 1.29 is 4.74 Å². The first-order valence-electron chi connectivity index (χ1n) is 9.69. The van der Waals surface area contributed by atoms with Crippen LogP contribution in [0.1, 0.15) is 30.0 Å². The van der Waals surface area contributed by atoms with Crippen LogP contribution in [0.3, 0.4) is 0 Å². The average molecular weight is 455 g/mol. The second-order valence-electron chi connectivity index (χ2n) is 7.08. The van der Waals surface area contributed by atoms with E-state index in [0.29, 0.717) is 23.4 Å². The molecule has 1 aromatic carbocycles. The van der Waals surface area contributed by atoms with Crippen LogP contribution in [0.15, 0.2) is 65.4 Å². The van der Waals surface area contributed by atoms with Gasteiger partial charge in [-0.15, -0.1) is 21.5 Å². The topological polar surface area (TPSA) is 52.8 Å². The molecule has 0 unspecified atom stereocenters. The maximum Gasteiger partial charge on any atom is 0.192 e. The molecule has 8 heteroatoms. The van der Waals surface area contributed by atoms with Crippen LogP contribution in [-0.4, -0.2) is 19.7 Å². The van der Waals surface area contributed by atoms with E-state index in [1.165, 1.54) is 12.8 Å². The Hall–Kier alpha value is -2.35. The summed E-state index contributed by atoms with van der Waals surface area (Å²) in [6.45, 7) is 0.466. The molecule has 152 valence electrons. The van der Waals surface area contributed by atoms with Crippen molar-refractivity contribution in [1.82, 2.24) is 19.7 Å². The number of halogens is 1. The number of hydrogen-bond donors (Lipinski definition) is 0. The minimum absolute atomic E-state index is 0.466. The van der Waals surface area contributed by atoms with E-state index >= 15 is 0 Å². The normalized spacial score (nSPS) is 13.5. The van der Waals surface area contributed by atoms with E-state index in [-0.39, 0.29) is 0 Å². The molecule has 0 radical (unpaired) electrons. The monoisotopic (exact) mass is 454 g/mol. The largest absolute Gasteiger partial charge is 0.489 e. The van der Waals surface area contributed by atoms with Gasteiger partial charge in [0.1, 0.15) is 12.4 Å². The van der Waals surface area contributed by atoms with Crippen LogP contribution >= 0.6 is 34.7 Å². The molecule has 1 aliphatic rings. The molecule has 4 aromatic rings. The lowest BCUT2D eigenvalue weighted by Crippen LogP contribution is -2.00. The summed E-state index contributed by atoms with van der Waals surface area (Å²) in [6, 6.07) is 14.3. The van der Waals surface area contributed by atoms with Gasteiger partial charge in [0.15, 0.2) is 11.0 Å². The predicted molar refractivity (Wildman–Crippen MR) is 121 cm³/mol. The Balaban J connectivity index is 1.35. The van der Waals surface area contributed by atoms with Gasteiger partial charge in [-0.2, -0.15) is 0 Å². The van der Waals surface area contributed by atoms with Gasteiger partial charge in [0.2, 0.25) is 0 Å². The highest BCUT2D eigenvalue weighted by Gasteiger charge is 2.30. The van der Waals surface area contributed by atoms with Crippen molar-refractivity contribution in [2.24, 2.45) is 0 Å². The number of thioether (sulfide) groups is 1. The molecule has 0 N–H and O–H groups in total. The van der Waals surface area contributed by atoms with E-state index in [9.17, 15) is 0 Å². The number of aromatic nitrogens is 4. The van der Waals surface area contributed by atoms with Gasteiger partial charge in [-0.1, -0.05) is 35.5 Å². The highest BCUT2D eigenvalue weighted by atomic mass is 35.5. The number of hydrogen-bond acceptors (Lipinski definition) is 6. The van der Waals surface area contributed by atoms with E-state index in [4.69, 9.17) is 16.3 Å². The smallest absolute Gasteiger partial charge is 0.192 e. The summed E-state index contributed by atoms with van der Waals surface area (Å²) in [6.07, 6.45) is 5.93. The molecule has 3 aromatic heterocycles. The van der Waals surface area contributed by atoms with E-state index in [1.807, 2.05) is 36.5 Å². The van der Waals surface area contributed by atoms with Crippen molar-refractivity contribution in [3.05, 3.63) is 76.4 Å². The van der Waals surface area contributed by atoms with Crippen LogP contribution in [0.5, 0.6) is 5.75 Å².